The largest absolute Gasteiger partial charge is 0.507 e. The Labute approximate surface area is 327 Å². The van der Waals surface area contributed by atoms with Crippen LogP contribution in [0.25, 0.3) is 0 Å². The molecule has 0 atom stereocenters. The van der Waals surface area contributed by atoms with E-state index in [-0.39, 0.29) is 73.4 Å². The summed E-state index contributed by atoms with van der Waals surface area (Å²) >= 11 is 0. The Hall–Kier alpha value is -3.26. The van der Waals surface area contributed by atoms with Crippen LogP contribution >= 0.6 is 0 Å². The van der Waals surface area contributed by atoms with E-state index in [0.717, 1.165) is 22.3 Å². The zero-order valence-corrected chi connectivity index (χ0v) is 34.8. The lowest BCUT2D eigenvalue weighted by Gasteiger charge is -2.48. The summed E-state index contributed by atoms with van der Waals surface area (Å²) < 4.78 is 36.1. The summed E-state index contributed by atoms with van der Waals surface area (Å²) in [5.74, 6) is -0.243. The monoisotopic (exact) mass is 770 g/mol. The van der Waals surface area contributed by atoms with Gasteiger partial charge in [0, 0.05) is 47.9 Å². The highest BCUT2D eigenvalue weighted by Crippen LogP contribution is 2.40. The smallest absolute Gasteiger partial charge is 0.306 e. The fourth-order valence-electron chi connectivity index (χ4n) is 6.83. The molecule has 2 heterocycles. The van der Waals surface area contributed by atoms with Gasteiger partial charge in [-0.15, -0.1) is 0 Å². The van der Waals surface area contributed by atoms with E-state index in [4.69, 9.17) is 39.9 Å². The molecule has 4 rings (SSSR count). The van der Waals surface area contributed by atoms with Crippen molar-refractivity contribution in [3.63, 3.8) is 0 Å². The SMILES string of the molecule is CC(C)(C)c1cc(CCC(=O)OCC(C)(C)C2OCC3(CO2)COC(C(C)(C)COC(=O)CCc2cc(CN)c(O)c(C(C)(C)C)c2)OC3)cc(CN)c1O. The minimum atomic E-state index is -0.614. The fraction of sp³-hybridized carbons (Fsp3) is 0.674. The predicted octanol–water partition coefficient (Wildman–Crippen LogP) is 6.05. The van der Waals surface area contributed by atoms with Gasteiger partial charge in [0.05, 0.1) is 31.8 Å². The molecule has 2 saturated heterocycles. The number of rotatable bonds is 14. The summed E-state index contributed by atoms with van der Waals surface area (Å²) in [6.45, 7) is 21.9. The van der Waals surface area contributed by atoms with Gasteiger partial charge in [0.25, 0.3) is 0 Å². The van der Waals surface area contributed by atoms with E-state index >= 15 is 0 Å². The second-order valence-corrected chi connectivity index (χ2v) is 18.9. The van der Waals surface area contributed by atoms with Gasteiger partial charge in [0.2, 0.25) is 0 Å². The zero-order valence-electron chi connectivity index (χ0n) is 34.8. The summed E-state index contributed by atoms with van der Waals surface area (Å²) in [5, 5.41) is 21.3. The summed E-state index contributed by atoms with van der Waals surface area (Å²) in [6.07, 6.45) is 0.103. The maximum absolute atomic E-state index is 12.8. The highest BCUT2D eigenvalue weighted by molar-refractivity contribution is 5.70. The average molecular weight is 771 g/mol. The molecule has 2 aromatic carbocycles. The van der Waals surface area contributed by atoms with Crippen molar-refractivity contribution in [3.05, 3.63) is 57.6 Å². The number of esters is 2. The summed E-state index contributed by atoms with van der Waals surface area (Å²) in [7, 11) is 0. The Balaban J connectivity index is 1.20. The second kappa shape index (κ2) is 17.5. The molecule has 12 nitrogen and oxygen atoms in total. The molecule has 1 spiro atoms. The van der Waals surface area contributed by atoms with E-state index in [9.17, 15) is 19.8 Å². The van der Waals surface area contributed by atoms with Gasteiger partial charge in [-0.3, -0.25) is 9.59 Å². The van der Waals surface area contributed by atoms with Crippen molar-refractivity contribution >= 4 is 11.9 Å². The van der Waals surface area contributed by atoms with Crippen molar-refractivity contribution in [2.75, 3.05) is 39.6 Å². The maximum Gasteiger partial charge on any atom is 0.306 e. The first kappa shape index (κ1) is 44.5. The van der Waals surface area contributed by atoms with Crippen LogP contribution in [0.1, 0.15) is 115 Å². The summed E-state index contributed by atoms with van der Waals surface area (Å²) in [4.78, 5) is 25.6. The third-order valence-electron chi connectivity index (χ3n) is 10.4. The molecule has 308 valence electrons. The number of phenols is 2. The number of aryl methyl sites for hydroxylation is 2. The van der Waals surface area contributed by atoms with Crippen molar-refractivity contribution in [1.82, 2.24) is 0 Å². The van der Waals surface area contributed by atoms with Gasteiger partial charge in [0.1, 0.15) is 24.7 Å². The summed E-state index contributed by atoms with van der Waals surface area (Å²) in [6, 6.07) is 7.57. The molecular formula is C43H66N2O10. The molecule has 2 aliphatic rings. The first-order valence-corrected chi connectivity index (χ1v) is 19.4. The van der Waals surface area contributed by atoms with Gasteiger partial charge in [-0.2, -0.15) is 0 Å². The minimum absolute atomic E-state index is 0.115. The average Bonchev–Trinajstić information content (AvgIpc) is 3.11. The molecule has 0 amide bonds. The van der Waals surface area contributed by atoms with Crippen LogP contribution in [-0.2, 0) is 74.8 Å². The standard InChI is InChI=1S/C43H66N2O10/c1-39(2,3)31-17-27(15-29(19-44)35(31)48)11-13-33(46)50-21-41(7,8)37-52-23-43(24-53-37)25-54-38(55-26-43)42(9,10)22-51-34(47)14-12-28-16-30(20-45)36(49)32(18-28)40(4,5)6/h15-18,37-38,48-49H,11-14,19-26,44-45H2,1-10H3. The highest BCUT2D eigenvalue weighted by Gasteiger charge is 2.48. The van der Waals surface area contributed by atoms with Gasteiger partial charge in [0.15, 0.2) is 12.6 Å². The molecule has 0 unspecified atom stereocenters. The van der Waals surface area contributed by atoms with Crippen LogP contribution in [0.2, 0.25) is 0 Å². The van der Waals surface area contributed by atoms with E-state index in [1.54, 1.807) is 0 Å². The lowest BCUT2D eigenvalue weighted by Crippen LogP contribution is -2.57. The van der Waals surface area contributed by atoms with Gasteiger partial charge >= 0.3 is 11.9 Å². The number of benzene rings is 2. The van der Waals surface area contributed by atoms with E-state index < -0.39 is 28.8 Å². The Morgan fingerprint density at radius 3 is 1.25 bits per heavy atom. The van der Waals surface area contributed by atoms with Crippen molar-refractivity contribution in [2.45, 2.75) is 131 Å². The molecule has 55 heavy (non-hydrogen) atoms. The molecule has 2 fully saturated rings. The van der Waals surface area contributed by atoms with Crippen molar-refractivity contribution < 1.29 is 48.2 Å². The van der Waals surface area contributed by atoms with Crippen LogP contribution in [0.3, 0.4) is 0 Å². The van der Waals surface area contributed by atoms with E-state index in [0.29, 0.717) is 50.4 Å². The van der Waals surface area contributed by atoms with Gasteiger partial charge in [-0.25, -0.2) is 0 Å². The van der Waals surface area contributed by atoms with Crippen LogP contribution in [0.15, 0.2) is 24.3 Å². The number of phenolic OH excluding ortho intramolecular Hbond substituents is 2. The Morgan fingerprint density at radius 1 is 0.636 bits per heavy atom. The Kier molecular flexibility index (Phi) is 14.1. The van der Waals surface area contributed by atoms with Crippen molar-refractivity contribution in [3.8, 4) is 11.5 Å². The van der Waals surface area contributed by atoms with Crippen LogP contribution in [-0.4, -0.2) is 74.4 Å². The quantitative estimate of drug-likeness (QED) is 0.164. The third-order valence-corrected chi connectivity index (χ3v) is 10.4. The molecular weight excluding hydrogens is 704 g/mol. The van der Waals surface area contributed by atoms with Gasteiger partial charge in [-0.1, -0.05) is 93.5 Å². The first-order chi connectivity index (χ1) is 25.5. The van der Waals surface area contributed by atoms with Gasteiger partial charge in [-0.05, 0) is 45.9 Å². The van der Waals surface area contributed by atoms with E-state index in [1.807, 2.05) is 93.5 Å². The molecule has 2 aromatic rings. The van der Waals surface area contributed by atoms with Crippen LogP contribution in [0, 0.1) is 16.2 Å². The van der Waals surface area contributed by atoms with Crippen LogP contribution in [0.5, 0.6) is 11.5 Å². The predicted molar refractivity (Wildman–Crippen MR) is 209 cm³/mol. The number of hydrogen-bond donors (Lipinski definition) is 4. The highest BCUT2D eigenvalue weighted by atomic mass is 16.7. The molecule has 2 aliphatic heterocycles. The van der Waals surface area contributed by atoms with Crippen molar-refractivity contribution in [2.24, 2.45) is 27.7 Å². The number of carbonyl (C=O) groups excluding carboxylic acids is 2. The minimum Gasteiger partial charge on any atom is -0.507 e. The Morgan fingerprint density at radius 2 is 0.964 bits per heavy atom. The molecule has 6 N–H and O–H groups in total. The zero-order chi connectivity index (χ0) is 41.0. The van der Waals surface area contributed by atoms with Gasteiger partial charge < -0.3 is 50.1 Å². The van der Waals surface area contributed by atoms with Crippen LogP contribution in [0.4, 0.5) is 0 Å². The summed E-state index contributed by atoms with van der Waals surface area (Å²) in [5.41, 5.74) is 14.2. The normalized spacial score (nSPS) is 21.1. The second-order valence-electron chi connectivity index (χ2n) is 18.9. The molecule has 0 aromatic heterocycles. The molecule has 0 radical (unpaired) electrons. The molecule has 0 aliphatic carbocycles. The number of ether oxygens (including phenoxy) is 6. The molecule has 12 heteroatoms. The fourth-order valence-corrected chi connectivity index (χ4v) is 6.83. The maximum atomic E-state index is 12.8. The number of hydrogen-bond acceptors (Lipinski definition) is 12. The topological polar surface area (TPSA) is 182 Å². The van der Waals surface area contributed by atoms with Crippen molar-refractivity contribution in [1.29, 1.82) is 0 Å². The molecule has 0 saturated carbocycles. The number of aromatic hydroxyl groups is 2. The van der Waals surface area contributed by atoms with E-state index in [2.05, 4.69) is 0 Å². The Bertz CT molecular complexity index is 1510. The molecule has 0 bridgehead atoms. The lowest BCUT2D eigenvalue weighted by atomic mass is 9.83. The first-order valence-electron chi connectivity index (χ1n) is 19.4. The lowest BCUT2D eigenvalue weighted by molar-refractivity contribution is -0.337. The number of nitrogens with two attached hydrogens (primary N) is 2. The number of carbonyl (C=O) groups is 2. The van der Waals surface area contributed by atoms with Crippen LogP contribution < -0.4 is 11.5 Å². The van der Waals surface area contributed by atoms with E-state index in [1.165, 1.54) is 0 Å². The third kappa shape index (κ3) is 11.4.